The van der Waals surface area contributed by atoms with Crippen LogP contribution in [-0.2, 0) is 9.53 Å². The first-order chi connectivity index (χ1) is 15.4. The van der Waals surface area contributed by atoms with Crippen molar-refractivity contribution in [3.05, 3.63) is 65.7 Å². The maximum Gasteiger partial charge on any atom is 0.344 e. The Morgan fingerprint density at radius 1 is 1.19 bits per heavy atom. The van der Waals surface area contributed by atoms with Gasteiger partial charge in [-0.2, -0.15) is 15.6 Å². The number of hydrogen-bond acceptors (Lipinski definition) is 8. The highest BCUT2D eigenvalue weighted by Crippen LogP contribution is 2.28. The third-order valence-corrected chi connectivity index (χ3v) is 4.61. The molecule has 2 aromatic rings. The topological polar surface area (TPSA) is 125 Å². The van der Waals surface area contributed by atoms with Crippen molar-refractivity contribution < 1.29 is 14.3 Å². The average Bonchev–Trinajstić information content (AvgIpc) is 3.13. The number of nitriles is 2. The zero-order valence-electron chi connectivity index (χ0n) is 17.8. The van der Waals surface area contributed by atoms with E-state index >= 15 is 0 Å². The second-order valence-corrected chi connectivity index (χ2v) is 7.33. The molecule has 2 aromatic carbocycles. The van der Waals surface area contributed by atoms with Crippen LogP contribution in [0.4, 0.5) is 5.69 Å². The van der Waals surface area contributed by atoms with Gasteiger partial charge >= 0.3 is 5.97 Å². The Bertz CT molecular complexity index is 1100. The van der Waals surface area contributed by atoms with Gasteiger partial charge in [0.05, 0.1) is 29.1 Å². The Hall–Kier alpha value is -4.14. The number of allylic oxidation sites excluding steroid dienone is 1. The zero-order chi connectivity index (χ0) is 23.1. The molecule has 2 N–H and O–H groups in total. The second-order valence-electron chi connectivity index (χ2n) is 7.33. The smallest absolute Gasteiger partial charge is 0.344 e. The van der Waals surface area contributed by atoms with Crippen LogP contribution in [0.5, 0.6) is 5.75 Å². The summed E-state index contributed by atoms with van der Waals surface area (Å²) in [7, 11) is 0. The predicted octanol–water partition coefficient (Wildman–Crippen LogP) is 3.22. The maximum absolute atomic E-state index is 11.6. The van der Waals surface area contributed by atoms with Gasteiger partial charge in [0.15, 0.2) is 6.61 Å². The van der Waals surface area contributed by atoms with Crippen LogP contribution in [0.15, 0.2) is 65.3 Å². The molecule has 0 amide bonds. The van der Waals surface area contributed by atoms with Crippen LogP contribution in [-0.4, -0.2) is 30.6 Å². The van der Waals surface area contributed by atoms with Crippen LogP contribution >= 0.6 is 0 Å². The Kier molecular flexibility index (Phi) is 7.22. The molecule has 1 heterocycles. The molecule has 3 rings (SSSR count). The third-order valence-electron chi connectivity index (χ3n) is 4.61. The van der Waals surface area contributed by atoms with Crippen molar-refractivity contribution in [3.8, 4) is 17.9 Å². The number of hydrogen-bond donors (Lipinski definition) is 1. The lowest BCUT2D eigenvalue weighted by molar-refractivity contribution is -0.149. The Morgan fingerprint density at radius 2 is 1.88 bits per heavy atom. The van der Waals surface area contributed by atoms with Crippen LogP contribution in [0.25, 0.3) is 6.08 Å². The number of carbonyl (C=O) groups excluding carboxylic acids is 1. The van der Waals surface area contributed by atoms with Gasteiger partial charge in [-0.05, 0) is 49.8 Å². The largest absolute Gasteiger partial charge is 0.482 e. The predicted molar refractivity (Wildman–Crippen MR) is 120 cm³/mol. The van der Waals surface area contributed by atoms with Crippen molar-refractivity contribution in [2.75, 3.05) is 11.6 Å². The van der Waals surface area contributed by atoms with Crippen LogP contribution in [0, 0.1) is 28.6 Å². The number of anilines is 1. The number of esters is 1. The summed E-state index contributed by atoms with van der Waals surface area (Å²) in [5.74, 6) is -0.709. The molecule has 0 aliphatic carbocycles. The van der Waals surface area contributed by atoms with Crippen LogP contribution in [0.2, 0.25) is 0 Å². The molecule has 0 spiro atoms. The highest BCUT2D eigenvalue weighted by atomic mass is 16.6. The summed E-state index contributed by atoms with van der Waals surface area (Å²) >= 11 is 0. The molecule has 0 radical (unpaired) electrons. The Morgan fingerprint density at radius 3 is 2.47 bits per heavy atom. The van der Waals surface area contributed by atoms with Gasteiger partial charge in [0.1, 0.15) is 23.9 Å². The molecule has 1 aliphatic rings. The number of rotatable bonds is 7. The number of hydrazone groups is 1. The summed E-state index contributed by atoms with van der Waals surface area (Å²) in [4.78, 5) is 11.6. The van der Waals surface area contributed by atoms with E-state index in [-0.39, 0.29) is 18.3 Å². The Labute approximate surface area is 186 Å². The highest BCUT2D eigenvalue weighted by Gasteiger charge is 2.37. The molecule has 32 heavy (non-hydrogen) atoms. The van der Waals surface area contributed by atoms with Crippen molar-refractivity contribution >= 4 is 23.4 Å². The van der Waals surface area contributed by atoms with E-state index in [4.69, 9.17) is 15.2 Å². The third kappa shape index (κ3) is 5.31. The number of para-hydroxylation sites is 1. The van der Waals surface area contributed by atoms with Gasteiger partial charge in [-0.3, -0.25) is 0 Å². The molecule has 8 heteroatoms. The lowest BCUT2D eigenvalue weighted by Crippen LogP contribution is -2.40. The lowest BCUT2D eigenvalue weighted by atomic mass is 9.95. The molecule has 1 aliphatic heterocycles. The summed E-state index contributed by atoms with van der Waals surface area (Å²) in [5, 5.41) is 25.4. The normalized spacial score (nSPS) is 18.0. The minimum atomic E-state index is -0.754. The molecule has 0 saturated carbocycles. The number of nitrogens with two attached hydrogens (primary N) is 1. The van der Waals surface area contributed by atoms with E-state index in [1.54, 1.807) is 49.2 Å². The molecule has 0 saturated heterocycles. The van der Waals surface area contributed by atoms with E-state index < -0.39 is 18.1 Å². The first-order valence-corrected chi connectivity index (χ1v) is 10.1. The van der Waals surface area contributed by atoms with Crippen molar-refractivity contribution in [2.24, 2.45) is 16.8 Å². The fourth-order valence-electron chi connectivity index (χ4n) is 3.15. The summed E-state index contributed by atoms with van der Waals surface area (Å²) < 4.78 is 10.4. The van der Waals surface area contributed by atoms with E-state index in [0.29, 0.717) is 17.0 Å². The summed E-state index contributed by atoms with van der Waals surface area (Å²) in [6, 6.07) is 20.4. The SMILES string of the molecule is CC(C)OC(=O)COc1ccc(/C=C(/C#N)C2=NN(c3ccccc3)[C@H](N)[C@H]2C#N)cc1. The van der Waals surface area contributed by atoms with E-state index in [2.05, 4.69) is 17.2 Å². The molecule has 8 nitrogen and oxygen atoms in total. The van der Waals surface area contributed by atoms with Gasteiger partial charge in [0.2, 0.25) is 0 Å². The van der Waals surface area contributed by atoms with Crippen LogP contribution in [0.1, 0.15) is 19.4 Å². The molecule has 162 valence electrons. The fourth-order valence-corrected chi connectivity index (χ4v) is 3.15. The summed E-state index contributed by atoms with van der Waals surface area (Å²) in [6.07, 6.45) is 0.737. The quantitative estimate of drug-likeness (QED) is 0.529. The molecule has 0 bridgehead atoms. The van der Waals surface area contributed by atoms with Crippen LogP contribution in [0.3, 0.4) is 0 Å². The van der Waals surface area contributed by atoms with E-state index in [1.807, 2.05) is 30.3 Å². The molecule has 0 unspecified atom stereocenters. The summed E-state index contributed by atoms with van der Waals surface area (Å²) in [6.45, 7) is 3.34. The van der Waals surface area contributed by atoms with E-state index in [0.717, 1.165) is 5.69 Å². The fraction of sp³-hybridized carbons (Fsp3) is 0.250. The van der Waals surface area contributed by atoms with Crippen molar-refractivity contribution in [2.45, 2.75) is 26.1 Å². The van der Waals surface area contributed by atoms with Crippen LogP contribution < -0.4 is 15.5 Å². The van der Waals surface area contributed by atoms with Gasteiger partial charge in [0.25, 0.3) is 0 Å². The number of carbonyl (C=O) groups is 1. The minimum Gasteiger partial charge on any atom is -0.482 e. The number of ether oxygens (including phenoxy) is 2. The number of nitrogens with zero attached hydrogens (tertiary/aromatic N) is 4. The van der Waals surface area contributed by atoms with Gasteiger partial charge in [-0.1, -0.05) is 30.3 Å². The minimum absolute atomic E-state index is 0.190. The van der Waals surface area contributed by atoms with Gasteiger partial charge in [-0.25, -0.2) is 9.80 Å². The first kappa shape index (κ1) is 22.5. The molecular weight excluding hydrogens is 406 g/mol. The summed E-state index contributed by atoms with van der Waals surface area (Å²) in [5.41, 5.74) is 8.27. The Balaban J connectivity index is 1.78. The molecule has 0 fully saturated rings. The van der Waals surface area contributed by atoms with Crippen molar-refractivity contribution in [3.63, 3.8) is 0 Å². The second kappa shape index (κ2) is 10.3. The highest BCUT2D eigenvalue weighted by molar-refractivity contribution is 6.11. The van der Waals surface area contributed by atoms with Gasteiger partial charge in [-0.15, -0.1) is 0 Å². The monoisotopic (exact) mass is 429 g/mol. The average molecular weight is 429 g/mol. The van der Waals surface area contributed by atoms with Crippen molar-refractivity contribution in [1.82, 2.24) is 0 Å². The molecular formula is C24H23N5O3. The standard InChI is InChI=1S/C24H23N5O3/c1-16(2)32-22(30)15-31-20-10-8-17(9-11-20)12-18(13-25)23-21(14-26)24(27)29(28-23)19-6-4-3-5-7-19/h3-12,16,21,24H,15,27H2,1-2H3/b18-12-/t21-,24-/m0/s1. The van der Waals surface area contributed by atoms with Crippen molar-refractivity contribution in [1.29, 1.82) is 10.5 Å². The zero-order valence-corrected chi connectivity index (χ0v) is 17.8. The molecule has 2 atom stereocenters. The maximum atomic E-state index is 11.6. The van der Waals surface area contributed by atoms with Gasteiger partial charge < -0.3 is 15.2 Å². The van der Waals surface area contributed by atoms with E-state index in [1.165, 1.54) is 0 Å². The first-order valence-electron chi connectivity index (χ1n) is 10.1. The molecule has 0 aromatic heterocycles. The number of benzene rings is 2. The van der Waals surface area contributed by atoms with E-state index in [9.17, 15) is 15.3 Å². The lowest BCUT2D eigenvalue weighted by Gasteiger charge is -2.21. The van der Waals surface area contributed by atoms with Gasteiger partial charge in [0, 0.05) is 0 Å².